The Hall–Kier alpha value is -2.70. The Kier molecular flexibility index (Phi) is 5.82. The number of sulfonamides is 1. The number of carbonyl (C=O) groups excluding carboxylic acids is 1. The van der Waals surface area contributed by atoms with Gasteiger partial charge in [0.25, 0.3) is 0 Å². The van der Waals surface area contributed by atoms with Crippen LogP contribution < -0.4 is 5.14 Å². The number of hydrogen-bond acceptors (Lipinski definition) is 3. The monoisotopic (exact) mass is 396 g/mol. The van der Waals surface area contributed by atoms with Crippen LogP contribution in [-0.2, 0) is 29.9 Å². The minimum Gasteiger partial charge on any atom is -0.345 e. The molecule has 1 atom stereocenters. The Labute approximate surface area is 165 Å². The van der Waals surface area contributed by atoms with Gasteiger partial charge in [-0.3, -0.25) is 4.79 Å². The third-order valence-electron chi connectivity index (χ3n) is 5.05. The minimum absolute atomic E-state index is 0.0942. The molecule has 2 N–H and O–H groups in total. The van der Waals surface area contributed by atoms with Crippen molar-refractivity contribution < 1.29 is 13.2 Å². The summed E-state index contributed by atoms with van der Waals surface area (Å²) in [5.74, 6) is -0.0942. The van der Waals surface area contributed by atoms with Crippen molar-refractivity contribution in [2.24, 2.45) is 12.2 Å². The molecule has 0 fully saturated rings. The van der Waals surface area contributed by atoms with E-state index < -0.39 is 15.3 Å². The topological polar surface area (TPSA) is 82.2 Å². The van der Waals surface area contributed by atoms with Crippen molar-refractivity contribution in [3.05, 3.63) is 94.8 Å². The number of carbonyl (C=O) groups is 1. The van der Waals surface area contributed by atoms with Gasteiger partial charge in [-0.2, -0.15) is 0 Å². The first kappa shape index (κ1) is 20.0. The fourth-order valence-corrected chi connectivity index (χ4v) is 4.25. The highest BCUT2D eigenvalue weighted by atomic mass is 32.2. The normalized spacial score (nSPS) is 12.7. The second-order valence-corrected chi connectivity index (χ2v) is 8.59. The Bertz CT molecular complexity index is 1070. The van der Waals surface area contributed by atoms with Crippen molar-refractivity contribution in [3.8, 4) is 0 Å². The molecule has 1 unspecified atom stereocenters. The molecule has 1 heterocycles. The minimum atomic E-state index is -3.80. The third kappa shape index (κ3) is 4.24. The van der Waals surface area contributed by atoms with Gasteiger partial charge in [-0.05, 0) is 29.7 Å². The van der Waals surface area contributed by atoms with Crippen LogP contribution in [0.4, 0.5) is 0 Å². The highest BCUT2D eigenvalue weighted by Gasteiger charge is 2.26. The fraction of sp³-hybridized carbons (Fsp3) is 0.227. The summed E-state index contributed by atoms with van der Waals surface area (Å²) in [6, 6.07) is 20.0. The van der Waals surface area contributed by atoms with Crippen molar-refractivity contribution in [2.75, 3.05) is 0 Å². The summed E-state index contributed by atoms with van der Waals surface area (Å²) in [4.78, 5) is 12.9. The summed E-state index contributed by atoms with van der Waals surface area (Å²) in [5.41, 5.74) is 3.66. The Morgan fingerprint density at radius 3 is 2.21 bits per heavy atom. The lowest BCUT2D eigenvalue weighted by Gasteiger charge is -2.16. The van der Waals surface area contributed by atoms with Crippen LogP contribution >= 0.6 is 0 Å². The summed E-state index contributed by atoms with van der Waals surface area (Å²) in [7, 11) is -2.03. The van der Waals surface area contributed by atoms with E-state index in [-0.39, 0.29) is 12.2 Å². The number of nitrogens with zero attached hydrogens (tertiary/aromatic N) is 1. The number of rotatable bonds is 7. The molecule has 0 amide bonds. The van der Waals surface area contributed by atoms with Crippen molar-refractivity contribution in [1.29, 1.82) is 0 Å². The van der Waals surface area contributed by atoms with E-state index in [9.17, 15) is 13.2 Å². The molecule has 2 aromatic carbocycles. The maximum absolute atomic E-state index is 12.9. The maximum Gasteiger partial charge on any atom is 0.216 e. The van der Waals surface area contributed by atoms with E-state index in [1.54, 1.807) is 48.0 Å². The van der Waals surface area contributed by atoms with Crippen LogP contribution in [0.15, 0.2) is 66.7 Å². The number of nitrogens with two attached hydrogens (primary N) is 1. The predicted molar refractivity (Wildman–Crippen MR) is 111 cm³/mol. The zero-order valence-electron chi connectivity index (χ0n) is 16.0. The van der Waals surface area contributed by atoms with Gasteiger partial charge in [0.2, 0.25) is 15.8 Å². The molecule has 0 aliphatic heterocycles. The summed E-state index contributed by atoms with van der Waals surface area (Å²) in [6.45, 7) is 2.06. The van der Waals surface area contributed by atoms with Gasteiger partial charge < -0.3 is 4.57 Å². The molecule has 1 aromatic heterocycles. The molecule has 0 aliphatic rings. The predicted octanol–water partition coefficient (Wildman–Crippen LogP) is 3.39. The van der Waals surface area contributed by atoms with Crippen LogP contribution in [0.5, 0.6) is 0 Å². The number of benzene rings is 2. The van der Waals surface area contributed by atoms with Gasteiger partial charge in [-0.25, -0.2) is 13.6 Å². The second kappa shape index (κ2) is 8.12. The third-order valence-corrected chi connectivity index (χ3v) is 6.28. The van der Waals surface area contributed by atoms with Gasteiger partial charge in [0.15, 0.2) is 0 Å². The second-order valence-electron chi connectivity index (χ2n) is 6.84. The molecule has 0 aliphatic carbocycles. The molecule has 0 saturated carbocycles. The first-order valence-corrected chi connectivity index (χ1v) is 10.8. The molecule has 0 bridgehead atoms. The van der Waals surface area contributed by atoms with Crippen LogP contribution in [0.25, 0.3) is 0 Å². The van der Waals surface area contributed by atoms with Crippen LogP contribution in [0.1, 0.15) is 45.0 Å². The number of ketones is 1. The highest BCUT2D eigenvalue weighted by molar-refractivity contribution is 7.89. The molecule has 5 nitrogen and oxygen atoms in total. The lowest BCUT2D eigenvalue weighted by molar-refractivity contribution is 0.103. The quantitative estimate of drug-likeness (QED) is 0.622. The van der Waals surface area contributed by atoms with Crippen molar-refractivity contribution in [1.82, 2.24) is 4.57 Å². The van der Waals surface area contributed by atoms with Gasteiger partial charge >= 0.3 is 0 Å². The van der Waals surface area contributed by atoms with E-state index >= 15 is 0 Å². The molecule has 3 rings (SSSR count). The Morgan fingerprint density at radius 1 is 1.00 bits per heavy atom. The SMILES string of the molecule is CCc1ccc(C(=O)c2ccc(CC(c3ccccc3)S(N)(=O)=O)n2C)cc1. The molecule has 0 radical (unpaired) electrons. The summed E-state index contributed by atoms with van der Waals surface area (Å²) < 4.78 is 26.1. The number of primary sulfonamides is 1. The van der Waals surface area contributed by atoms with Crippen molar-refractivity contribution in [3.63, 3.8) is 0 Å². The molecule has 6 heteroatoms. The van der Waals surface area contributed by atoms with Gasteiger partial charge in [0.1, 0.15) is 5.25 Å². The Balaban J connectivity index is 1.90. The molecule has 0 spiro atoms. The molecule has 146 valence electrons. The van der Waals surface area contributed by atoms with Crippen LogP contribution in [-0.4, -0.2) is 18.8 Å². The average molecular weight is 397 g/mol. The zero-order chi connectivity index (χ0) is 20.3. The Morgan fingerprint density at radius 2 is 1.64 bits per heavy atom. The zero-order valence-corrected chi connectivity index (χ0v) is 16.8. The first-order valence-electron chi connectivity index (χ1n) is 9.16. The number of aromatic nitrogens is 1. The molecule has 3 aromatic rings. The fourth-order valence-electron chi connectivity index (χ4n) is 3.31. The summed E-state index contributed by atoms with van der Waals surface area (Å²) in [6.07, 6.45) is 1.11. The summed E-state index contributed by atoms with van der Waals surface area (Å²) >= 11 is 0. The van der Waals surface area contributed by atoms with Crippen molar-refractivity contribution >= 4 is 15.8 Å². The maximum atomic E-state index is 12.9. The van der Waals surface area contributed by atoms with Gasteiger partial charge in [-0.15, -0.1) is 0 Å². The van der Waals surface area contributed by atoms with Gasteiger partial charge in [0, 0.05) is 24.7 Å². The highest BCUT2D eigenvalue weighted by Crippen LogP contribution is 2.26. The van der Waals surface area contributed by atoms with E-state index in [4.69, 9.17) is 5.14 Å². The number of hydrogen-bond donors (Lipinski definition) is 1. The number of aryl methyl sites for hydroxylation is 1. The summed E-state index contributed by atoms with van der Waals surface area (Å²) in [5, 5.41) is 4.62. The standard InChI is InChI=1S/C22H24N2O3S/c1-3-16-9-11-18(12-10-16)22(25)20-14-13-19(24(20)2)15-21(28(23,26)27)17-7-5-4-6-8-17/h4-14,21H,3,15H2,1-2H3,(H2,23,26,27). The average Bonchev–Trinajstić information content (AvgIpc) is 3.05. The van der Waals surface area contributed by atoms with Crippen LogP contribution in [0, 0.1) is 0 Å². The van der Waals surface area contributed by atoms with Gasteiger partial charge in [0.05, 0.1) is 5.69 Å². The van der Waals surface area contributed by atoms with E-state index in [0.29, 0.717) is 16.8 Å². The van der Waals surface area contributed by atoms with E-state index in [0.717, 1.165) is 12.1 Å². The smallest absolute Gasteiger partial charge is 0.216 e. The molecule has 0 saturated heterocycles. The van der Waals surface area contributed by atoms with E-state index in [1.807, 2.05) is 30.3 Å². The van der Waals surface area contributed by atoms with Crippen LogP contribution in [0.3, 0.4) is 0 Å². The lowest BCUT2D eigenvalue weighted by Crippen LogP contribution is -2.24. The lowest BCUT2D eigenvalue weighted by atomic mass is 10.1. The first-order chi connectivity index (χ1) is 13.3. The molecular formula is C22H24N2O3S. The van der Waals surface area contributed by atoms with Gasteiger partial charge in [-0.1, -0.05) is 61.5 Å². The van der Waals surface area contributed by atoms with E-state index in [1.165, 1.54) is 5.56 Å². The largest absolute Gasteiger partial charge is 0.345 e. The van der Waals surface area contributed by atoms with Crippen molar-refractivity contribution in [2.45, 2.75) is 25.0 Å². The molecular weight excluding hydrogens is 372 g/mol. The van der Waals surface area contributed by atoms with Crippen LogP contribution in [0.2, 0.25) is 0 Å². The molecule has 28 heavy (non-hydrogen) atoms. The van der Waals surface area contributed by atoms with E-state index in [2.05, 4.69) is 6.92 Å².